The lowest BCUT2D eigenvalue weighted by atomic mass is 9.69. The maximum atomic E-state index is 9.74. The molecule has 3 rings (SSSR count). The summed E-state index contributed by atoms with van der Waals surface area (Å²) >= 11 is 1.63. The minimum Gasteiger partial charge on any atom is -0.508 e. The Labute approximate surface area is 128 Å². The van der Waals surface area contributed by atoms with Gasteiger partial charge in [0.15, 0.2) is 5.16 Å². The molecular weight excluding hydrogens is 282 g/mol. The molecule has 0 fully saturated rings. The Bertz CT molecular complexity index is 645. The van der Waals surface area contributed by atoms with Gasteiger partial charge in [-0.05, 0) is 35.7 Å². The fraction of sp³-hybridized carbons (Fsp3) is 0.375. The van der Waals surface area contributed by atoms with E-state index in [9.17, 15) is 5.11 Å². The summed E-state index contributed by atoms with van der Waals surface area (Å²) in [5.41, 5.74) is 8.70. The molecule has 3 N–H and O–H groups in total. The number of nitrogens with zero attached hydrogens (tertiary/aromatic N) is 2. The number of hydrogen-bond donors (Lipinski definition) is 2. The first-order chi connectivity index (χ1) is 9.98. The predicted molar refractivity (Wildman–Crippen MR) is 84.5 cm³/mol. The van der Waals surface area contributed by atoms with Crippen LogP contribution >= 0.6 is 11.8 Å². The molecule has 2 atom stereocenters. The van der Waals surface area contributed by atoms with Crippen molar-refractivity contribution in [3.63, 3.8) is 0 Å². The van der Waals surface area contributed by atoms with Gasteiger partial charge in [0, 0.05) is 29.1 Å². The van der Waals surface area contributed by atoms with Crippen LogP contribution in [0.5, 0.6) is 5.75 Å². The van der Waals surface area contributed by atoms with Crippen molar-refractivity contribution in [2.24, 2.45) is 5.73 Å². The van der Waals surface area contributed by atoms with Crippen LogP contribution in [0.2, 0.25) is 0 Å². The number of rotatable bonds is 2. The summed E-state index contributed by atoms with van der Waals surface area (Å²) in [6.45, 7) is 4.27. The molecule has 0 radical (unpaired) electrons. The largest absolute Gasteiger partial charge is 0.508 e. The van der Waals surface area contributed by atoms with E-state index >= 15 is 0 Å². The number of nitrogens with two attached hydrogens (primary N) is 1. The number of aromatic nitrogens is 2. The number of phenolic OH excluding ortho intramolecular Hbond substituents is 1. The monoisotopic (exact) mass is 301 g/mol. The van der Waals surface area contributed by atoms with Crippen LogP contribution in [0.1, 0.15) is 25.0 Å². The number of hydrogen-bond acceptors (Lipinski definition) is 5. The van der Waals surface area contributed by atoms with E-state index in [1.54, 1.807) is 30.2 Å². The number of phenols is 1. The van der Waals surface area contributed by atoms with E-state index in [0.717, 1.165) is 17.1 Å². The molecule has 0 amide bonds. The minimum absolute atomic E-state index is 0.0272. The van der Waals surface area contributed by atoms with Crippen LogP contribution in [0.4, 0.5) is 0 Å². The van der Waals surface area contributed by atoms with Gasteiger partial charge in [0.1, 0.15) is 5.75 Å². The van der Waals surface area contributed by atoms with Crippen molar-refractivity contribution in [3.8, 4) is 5.75 Å². The maximum Gasteiger partial charge on any atom is 0.187 e. The summed E-state index contributed by atoms with van der Waals surface area (Å²) in [6, 6.07) is 7.37. The summed E-state index contributed by atoms with van der Waals surface area (Å²) in [6.07, 6.45) is 4.37. The third-order valence-corrected chi connectivity index (χ3v) is 5.43. The Morgan fingerprint density at radius 3 is 2.71 bits per heavy atom. The summed E-state index contributed by atoms with van der Waals surface area (Å²) in [7, 11) is 0. The zero-order chi connectivity index (χ0) is 15.0. The van der Waals surface area contributed by atoms with Gasteiger partial charge >= 0.3 is 0 Å². The number of benzene rings is 1. The van der Waals surface area contributed by atoms with E-state index in [2.05, 4.69) is 23.8 Å². The summed E-state index contributed by atoms with van der Waals surface area (Å²) in [4.78, 5) is 8.56. The second kappa shape index (κ2) is 5.31. The molecule has 110 valence electrons. The third kappa shape index (κ3) is 2.63. The van der Waals surface area contributed by atoms with Gasteiger partial charge in [0.25, 0.3) is 0 Å². The zero-order valence-electron chi connectivity index (χ0n) is 12.2. The Hall–Kier alpha value is -1.59. The molecule has 1 aromatic carbocycles. The highest BCUT2D eigenvalue weighted by atomic mass is 32.2. The van der Waals surface area contributed by atoms with Crippen molar-refractivity contribution in [1.82, 2.24) is 9.97 Å². The molecule has 1 heterocycles. The fourth-order valence-electron chi connectivity index (χ4n) is 2.93. The standard InChI is InChI=1S/C16H19N3OS/c1-16(2)12-9-11(20)5-4-10(12)8-13(14(16)17)21-15-18-6-3-7-19-15/h3-7,9,13-14,20H,8,17H2,1-2H3/t13-,14+/m0/s1. The summed E-state index contributed by atoms with van der Waals surface area (Å²) in [5.74, 6) is 0.298. The van der Waals surface area contributed by atoms with Crippen LogP contribution in [0.3, 0.4) is 0 Å². The molecule has 0 spiro atoms. The van der Waals surface area contributed by atoms with Crippen molar-refractivity contribution >= 4 is 11.8 Å². The van der Waals surface area contributed by atoms with E-state index in [1.165, 1.54) is 5.56 Å². The van der Waals surface area contributed by atoms with Crippen LogP contribution < -0.4 is 5.73 Å². The molecule has 4 nitrogen and oxygen atoms in total. The molecule has 1 aliphatic carbocycles. The average Bonchev–Trinajstić information content (AvgIpc) is 2.47. The van der Waals surface area contributed by atoms with Gasteiger partial charge in [0.2, 0.25) is 0 Å². The van der Waals surface area contributed by atoms with E-state index in [0.29, 0.717) is 5.75 Å². The maximum absolute atomic E-state index is 9.74. The molecular formula is C16H19N3OS. The molecule has 2 aromatic rings. The van der Waals surface area contributed by atoms with Crippen molar-refractivity contribution in [2.45, 2.75) is 42.1 Å². The highest BCUT2D eigenvalue weighted by molar-refractivity contribution is 7.99. The molecule has 0 aliphatic heterocycles. The van der Waals surface area contributed by atoms with E-state index in [1.807, 2.05) is 18.2 Å². The highest BCUT2D eigenvalue weighted by Crippen LogP contribution is 2.42. The zero-order valence-corrected chi connectivity index (χ0v) is 13.0. The van der Waals surface area contributed by atoms with Crippen molar-refractivity contribution in [1.29, 1.82) is 0 Å². The van der Waals surface area contributed by atoms with Gasteiger partial charge in [-0.15, -0.1) is 0 Å². The number of thioether (sulfide) groups is 1. The first-order valence-corrected chi connectivity index (χ1v) is 7.88. The second-order valence-electron chi connectivity index (χ2n) is 5.98. The quantitative estimate of drug-likeness (QED) is 0.834. The Kier molecular flexibility index (Phi) is 3.63. The van der Waals surface area contributed by atoms with Gasteiger partial charge in [0.05, 0.1) is 0 Å². The molecule has 1 aliphatic rings. The Morgan fingerprint density at radius 1 is 1.29 bits per heavy atom. The van der Waals surface area contributed by atoms with Crippen molar-refractivity contribution < 1.29 is 5.11 Å². The van der Waals surface area contributed by atoms with Gasteiger partial charge < -0.3 is 10.8 Å². The SMILES string of the molecule is CC1(C)c2cc(O)ccc2C[C@H](Sc2ncccn2)[C@H]1N. The number of aromatic hydroxyl groups is 1. The highest BCUT2D eigenvalue weighted by Gasteiger charge is 2.41. The Balaban J connectivity index is 1.94. The molecule has 0 unspecified atom stereocenters. The van der Waals surface area contributed by atoms with Crippen LogP contribution in [0.15, 0.2) is 41.8 Å². The van der Waals surface area contributed by atoms with Crippen LogP contribution in [-0.4, -0.2) is 26.4 Å². The molecule has 0 saturated heterocycles. The van der Waals surface area contributed by atoms with Gasteiger partial charge in [-0.3, -0.25) is 0 Å². The van der Waals surface area contributed by atoms with Crippen molar-refractivity contribution in [3.05, 3.63) is 47.8 Å². The topological polar surface area (TPSA) is 72.0 Å². The summed E-state index contributed by atoms with van der Waals surface area (Å²) < 4.78 is 0. The smallest absolute Gasteiger partial charge is 0.187 e. The predicted octanol–water partition coefficient (Wildman–Crippen LogP) is 2.50. The Morgan fingerprint density at radius 2 is 2.00 bits per heavy atom. The first kappa shape index (κ1) is 14.4. The number of fused-ring (bicyclic) bond motifs is 1. The fourth-order valence-corrected chi connectivity index (χ4v) is 4.19. The van der Waals surface area contributed by atoms with Crippen LogP contribution in [0, 0.1) is 0 Å². The van der Waals surface area contributed by atoms with Crippen LogP contribution in [-0.2, 0) is 11.8 Å². The van der Waals surface area contributed by atoms with E-state index in [4.69, 9.17) is 5.73 Å². The van der Waals surface area contributed by atoms with Gasteiger partial charge in [-0.2, -0.15) is 0 Å². The minimum atomic E-state index is -0.196. The third-order valence-electron chi connectivity index (χ3n) is 4.24. The molecule has 5 heteroatoms. The normalized spacial score (nSPS) is 23.6. The summed E-state index contributed by atoms with van der Waals surface area (Å²) in [5, 5.41) is 10.7. The second-order valence-corrected chi connectivity index (χ2v) is 7.19. The molecule has 0 bridgehead atoms. The first-order valence-electron chi connectivity index (χ1n) is 7.00. The average molecular weight is 301 g/mol. The van der Waals surface area contributed by atoms with E-state index in [-0.39, 0.29) is 16.7 Å². The van der Waals surface area contributed by atoms with E-state index < -0.39 is 0 Å². The lowest BCUT2D eigenvalue weighted by Crippen LogP contribution is -2.52. The van der Waals surface area contributed by atoms with Gasteiger partial charge in [-0.25, -0.2) is 9.97 Å². The van der Waals surface area contributed by atoms with Crippen molar-refractivity contribution in [2.75, 3.05) is 0 Å². The molecule has 1 aromatic heterocycles. The molecule has 21 heavy (non-hydrogen) atoms. The van der Waals surface area contributed by atoms with Crippen LogP contribution in [0.25, 0.3) is 0 Å². The van der Waals surface area contributed by atoms with Gasteiger partial charge in [-0.1, -0.05) is 31.7 Å². The lowest BCUT2D eigenvalue weighted by molar-refractivity contribution is 0.369. The lowest BCUT2D eigenvalue weighted by Gasteiger charge is -2.42. The molecule has 0 saturated carbocycles.